The minimum Gasteiger partial charge on any atom is -0.376 e. The average Bonchev–Trinajstić information content (AvgIpc) is 2.49. The van der Waals surface area contributed by atoms with Crippen molar-refractivity contribution in [1.29, 1.82) is 0 Å². The molecule has 0 saturated carbocycles. The van der Waals surface area contributed by atoms with Gasteiger partial charge < -0.3 is 4.18 Å². The summed E-state index contributed by atoms with van der Waals surface area (Å²) in [6, 6.07) is 19.3. The van der Waals surface area contributed by atoms with E-state index >= 15 is 0 Å². The van der Waals surface area contributed by atoms with Gasteiger partial charge >= 0.3 is 5.97 Å². The maximum atomic E-state index is 11.6. The normalized spacial score (nSPS) is 10.1. The van der Waals surface area contributed by atoms with E-state index in [0.29, 0.717) is 5.56 Å². The Morgan fingerprint density at radius 2 is 1.58 bits per heavy atom. The molecule has 0 spiro atoms. The number of benzene rings is 2. The zero-order valence-electron chi connectivity index (χ0n) is 10.3. The van der Waals surface area contributed by atoms with E-state index in [2.05, 4.69) is 12.1 Å². The van der Waals surface area contributed by atoms with Crippen LogP contribution in [-0.2, 0) is 10.6 Å². The zero-order valence-corrected chi connectivity index (χ0v) is 12.0. The second-order valence-corrected chi connectivity index (χ2v) is 5.92. The van der Waals surface area contributed by atoms with Gasteiger partial charge in [-0.15, -0.1) is 0 Å². The van der Waals surface area contributed by atoms with Crippen molar-refractivity contribution < 1.29 is 8.98 Å². The van der Waals surface area contributed by atoms with Crippen molar-refractivity contribution >= 4 is 27.8 Å². The summed E-state index contributed by atoms with van der Waals surface area (Å²) in [7, 11) is 1.54. The first-order chi connectivity index (χ1) is 9.36. The fourth-order valence-corrected chi connectivity index (χ4v) is 2.89. The summed E-state index contributed by atoms with van der Waals surface area (Å²) in [5, 5.41) is 0. The van der Waals surface area contributed by atoms with Gasteiger partial charge in [-0.25, -0.2) is 4.79 Å². The van der Waals surface area contributed by atoms with Gasteiger partial charge in [0.2, 0.25) is 0 Å². The minimum atomic E-state index is -0.294. The maximum absolute atomic E-state index is 11.6. The predicted octanol–water partition coefficient (Wildman–Crippen LogP) is 4.38. The van der Waals surface area contributed by atoms with E-state index in [4.69, 9.17) is 4.18 Å². The molecule has 0 aliphatic heterocycles. The van der Waals surface area contributed by atoms with E-state index in [0.717, 1.165) is 23.2 Å². The van der Waals surface area contributed by atoms with Crippen molar-refractivity contribution in [1.82, 2.24) is 0 Å². The van der Waals surface area contributed by atoms with Crippen molar-refractivity contribution in [2.45, 2.75) is 6.42 Å². The highest BCUT2D eigenvalue weighted by Crippen LogP contribution is 2.24. The lowest BCUT2D eigenvalue weighted by Gasteiger charge is -2.02. The third-order valence-electron chi connectivity index (χ3n) is 2.48. The lowest BCUT2D eigenvalue weighted by Crippen LogP contribution is -1.98. The molecule has 0 fully saturated rings. The van der Waals surface area contributed by atoms with Gasteiger partial charge in [-0.1, -0.05) is 59.3 Å². The molecule has 0 unspecified atom stereocenters. The number of rotatable bonds is 6. The van der Waals surface area contributed by atoms with Crippen LogP contribution in [0.5, 0.6) is 0 Å². The first-order valence-electron chi connectivity index (χ1n) is 5.96. The first kappa shape index (κ1) is 14.0. The van der Waals surface area contributed by atoms with Gasteiger partial charge in [0.25, 0.3) is 0 Å². The van der Waals surface area contributed by atoms with Crippen LogP contribution in [0.3, 0.4) is 0 Å². The van der Waals surface area contributed by atoms with Gasteiger partial charge in [0.1, 0.15) is 11.1 Å². The summed E-state index contributed by atoms with van der Waals surface area (Å²) in [4.78, 5) is 11.6. The van der Waals surface area contributed by atoms with Crippen molar-refractivity contribution in [3.8, 4) is 0 Å². The second-order valence-electron chi connectivity index (χ2n) is 3.86. The molecule has 0 aromatic heterocycles. The van der Waals surface area contributed by atoms with E-state index in [1.54, 1.807) is 22.9 Å². The Balaban J connectivity index is 1.63. The highest BCUT2D eigenvalue weighted by atomic mass is 33.1. The molecule has 0 saturated heterocycles. The van der Waals surface area contributed by atoms with Crippen LogP contribution in [0, 0.1) is 0 Å². The maximum Gasteiger partial charge on any atom is 0.350 e. The zero-order chi connectivity index (χ0) is 13.3. The third-order valence-corrected chi connectivity index (χ3v) is 4.16. The summed E-state index contributed by atoms with van der Waals surface area (Å²) in [5.41, 5.74) is 1.88. The molecule has 0 heterocycles. The number of aryl methyl sites for hydroxylation is 1. The first-order valence-corrected chi connectivity index (χ1v) is 8.20. The summed E-state index contributed by atoms with van der Waals surface area (Å²) >= 11 is 1.14. The molecule has 0 radical (unpaired) electrons. The Kier molecular flexibility index (Phi) is 5.85. The van der Waals surface area contributed by atoms with Gasteiger partial charge in [-0.2, -0.15) is 0 Å². The molecular formula is C15H14O2S2. The van der Waals surface area contributed by atoms with Crippen LogP contribution in [0.4, 0.5) is 0 Å². The summed E-state index contributed by atoms with van der Waals surface area (Å²) in [6.45, 7) is 0. The van der Waals surface area contributed by atoms with Gasteiger partial charge in [-0.05, 0) is 24.1 Å². The molecule has 0 aliphatic rings. The monoisotopic (exact) mass is 290 g/mol. The lowest BCUT2D eigenvalue weighted by molar-refractivity contribution is 0.0771. The van der Waals surface area contributed by atoms with E-state index in [-0.39, 0.29) is 5.97 Å². The third kappa shape index (κ3) is 5.01. The molecule has 98 valence electrons. The van der Waals surface area contributed by atoms with Gasteiger partial charge in [0.15, 0.2) is 0 Å². The highest BCUT2D eigenvalue weighted by molar-refractivity contribution is 8.75. The van der Waals surface area contributed by atoms with Crippen LogP contribution >= 0.6 is 21.9 Å². The molecule has 2 rings (SSSR count). The number of carbonyl (C=O) groups excluding carboxylic acids is 1. The van der Waals surface area contributed by atoms with Crippen LogP contribution in [0.1, 0.15) is 15.9 Å². The lowest BCUT2D eigenvalue weighted by atomic mass is 10.2. The summed E-state index contributed by atoms with van der Waals surface area (Å²) in [6.07, 6.45) is 0.974. The van der Waals surface area contributed by atoms with Crippen LogP contribution < -0.4 is 0 Å². The Labute approximate surface area is 121 Å². The minimum absolute atomic E-state index is 0.294. The molecule has 2 aromatic carbocycles. The predicted molar refractivity (Wildman–Crippen MR) is 82.1 cm³/mol. The van der Waals surface area contributed by atoms with Crippen LogP contribution in [0.15, 0.2) is 60.7 Å². The van der Waals surface area contributed by atoms with Crippen molar-refractivity contribution in [3.05, 3.63) is 71.8 Å². The molecule has 2 aromatic rings. The van der Waals surface area contributed by atoms with Gasteiger partial charge in [0.05, 0.1) is 5.56 Å². The SMILES string of the molecule is O=C(OSSCCc1ccccc1)c1ccccc1. The molecule has 2 nitrogen and oxygen atoms in total. The summed E-state index contributed by atoms with van der Waals surface area (Å²) < 4.78 is 5.11. The van der Waals surface area contributed by atoms with Crippen molar-refractivity contribution in [2.24, 2.45) is 0 Å². The topological polar surface area (TPSA) is 26.3 Å². The Morgan fingerprint density at radius 3 is 2.26 bits per heavy atom. The highest BCUT2D eigenvalue weighted by Gasteiger charge is 2.06. The van der Waals surface area contributed by atoms with Crippen LogP contribution in [0.2, 0.25) is 0 Å². The van der Waals surface area contributed by atoms with E-state index in [1.165, 1.54) is 5.56 Å². The smallest absolute Gasteiger partial charge is 0.350 e. The number of carbonyl (C=O) groups is 1. The fourth-order valence-electron chi connectivity index (χ4n) is 1.52. The fraction of sp³-hybridized carbons (Fsp3) is 0.133. The molecule has 19 heavy (non-hydrogen) atoms. The van der Waals surface area contributed by atoms with Crippen LogP contribution in [-0.4, -0.2) is 11.7 Å². The largest absolute Gasteiger partial charge is 0.376 e. The van der Waals surface area contributed by atoms with Crippen molar-refractivity contribution in [2.75, 3.05) is 5.75 Å². The van der Waals surface area contributed by atoms with Crippen molar-refractivity contribution in [3.63, 3.8) is 0 Å². The average molecular weight is 290 g/mol. The summed E-state index contributed by atoms with van der Waals surface area (Å²) in [5.74, 6) is 0.620. The van der Waals surface area contributed by atoms with Gasteiger partial charge in [-0.3, -0.25) is 0 Å². The quantitative estimate of drug-likeness (QED) is 0.448. The van der Waals surface area contributed by atoms with Gasteiger partial charge in [0, 0.05) is 5.75 Å². The van der Waals surface area contributed by atoms with E-state index in [1.807, 2.05) is 36.4 Å². The molecular weight excluding hydrogens is 276 g/mol. The molecule has 0 atom stereocenters. The second kappa shape index (κ2) is 7.92. The van der Waals surface area contributed by atoms with E-state index in [9.17, 15) is 4.79 Å². The Hall–Kier alpha value is -1.39. The molecule has 4 heteroatoms. The van der Waals surface area contributed by atoms with Crippen LogP contribution in [0.25, 0.3) is 0 Å². The number of hydrogen-bond acceptors (Lipinski definition) is 4. The molecule has 0 bridgehead atoms. The number of hydrogen-bond donors (Lipinski definition) is 0. The Morgan fingerprint density at radius 1 is 0.947 bits per heavy atom. The molecule has 0 N–H and O–H groups in total. The standard InChI is InChI=1S/C15H14O2S2/c16-15(14-9-5-2-6-10-14)17-19-18-12-11-13-7-3-1-4-8-13/h1-10H,11-12H2. The Bertz CT molecular complexity index is 500. The molecule has 0 amide bonds. The molecule has 0 aliphatic carbocycles. The van der Waals surface area contributed by atoms with E-state index < -0.39 is 0 Å².